The van der Waals surface area contributed by atoms with E-state index >= 15 is 0 Å². The molecule has 1 rings (SSSR count). The van der Waals surface area contributed by atoms with Crippen LogP contribution >= 0.6 is 0 Å². The molecule has 4 nitrogen and oxygen atoms in total. The summed E-state index contributed by atoms with van der Waals surface area (Å²) in [4.78, 5) is 16.0. The van der Waals surface area contributed by atoms with E-state index in [1.165, 1.54) is 19.3 Å². The molecule has 0 aromatic rings. The molecular formula is C12H25N3O. The maximum absolute atomic E-state index is 11.8. The van der Waals surface area contributed by atoms with Gasteiger partial charge in [-0.3, -0.25) is 4.79 Å². The first-order chi connectivity index (χ1) is 7.52. The van der Waals surface area contributed by atoms with Crippen molar-refractivity contribution in [3.8, 4) is 0 Å². The molecule has 16 heavy (non-hydrogen) atoms. The van der Waals surface area contributed by atoms with Gasteiger partial charge in [-0.15, -0.1) is 0 Å². The summed E-state index contributed by atoms with van der Waals surface area (Å²) in [7, 11) is 8.03. The third kappa shape index (κ3) is 2.95. The van der Waals surface area contributed by atoms with Crippen LogP contribution in [0.1, 0.15) is 25.7 Å². The van der Waals surface area contributed by atoms with Gasteiger partial charge in [-0.2, -0.15) is 0 Å². The highest BCUT2D eigenvalue weighted by Crippen LogP contribution is 2.36. The Balaban J connectivity index is 2.43. The average molecular weight is 227 g/mol. The highest BCUT2D eigenvalue weighted by molar-refractivity contribution is 5.76. The van der Waals surface area contributed by atoms with Crippen LogP contribution in [0.15, 0.2) is 0 Å². The number of amides is 1. The van der Waals surface area contributed by atoms with Crippen LogP contribution in [0, 0.1) is 0 Å². The zero-order chi connectivity index (χ0) is 12.2. The first-order valence-electron chi connectivity index (χ1n) is 6.08. The van der Waals surface area contributed by atoms with Crippen LogP contribution in [0.5, 0.6) is 0 Å². The maximum Gasteiger partial charge on any atom is 0.223 e. The monoisotopic (exact) mass is 227 g/mol. The Morgan fingerprint density at radius 3 is 2.31 bits per heavy atom. The lowest BCUT2D eigenvalue weighted by Crippen LogP contribution is -2.57. The fourth-order valence-electron chi connectivity index (χ4n) is 2.28. The zero-order valence-corrected chi connectivity index (χ0v) is 11.0. The molecule has 0 aromatic heterocycles. The van der Waals surface area contributed by atoms with Crippen molar-refractivity contribution in [1.82, 2.24) is 15.1 Å². The van der Waals surface area contributed by atoms with Gasteiger partial charge in [0, 0.05) is 32.1 Å². The Morgan fingerprint density at radius 2 is 1.94 bits per heavy atom. The fourth-order valence-corrected chi connectivity index (χ4v) is 2.28. The predicted octanol–water partition coefficient (Wildman–Crippen LogP) is 0.539. The van der Waals surface area contributed by atoms with Crippen molar-refractivity contribution in [2.75, 3.05) is 41.3 Å². The third-order valence-corrected chi connectivity index (χ3v) is 3.78. The van der Waals surface area contributed by atoms with Crippen LogP contribution in [-0.2, 0) is 4.79 Å². The topological polar surface area (TPSA) is 35.6 Å². The van der Waals surface area contributed by atoms with Crippen molar-refractivity contribution >= 4 is 5.91 Å². The van der Waals surface area contributed by atoms with Crippen LogP contribution in [0.4, 0.5) is 0 Å². The standard InChI is InChI=1S/C12H25N3O/c1-13-9-6-11(16)15(4)10-12(14(2)3)7-5-8-12/h13H,5-10H2,1-4H3. The van der Waals surface area contributed by atoms with Gasteiger partial charge in [0.25, 0.3) is 0 Å². The van der Waals surface area contributed by atoms with Crippen molar-refractivity contribution < 1.29 is 4.79 Å². The number of nitrogens with one attached hydrogen (secondary N) is 1. The van der Waals surface area contributed by atoms with E-state index in [2.05, 4.69) is 24.3 Å². The summed E-state index contributed by atoms with van der Waals surface area (Å²) < 4.78 is 0. The molecule has 0 unspecified atom stereocenters. The van der Waals surface area contributed by atoms with E-state index in [-0.39, 0.29) is 11.4 Å². The number of hydrogen-bond acceptors (Lipinski definition) is 3. The van der Waals surface area contributed by atoms with Gasteiger partial charge in [-0.05, 0) is 40.4 Å². The highest BCUT2D eigenvalue weighted by atomic mass is 16.2. The van der Waals surface area contributed by atoms with E-state index in [1.54, 1.807) is 0 Å². The van der Waals surface area contributed by atoms with Gasteiger partial charge in [0.05, 0.1) is 0 Å². The second-order valence-corrected chi connectivity index (χ2v) is 5.08. The first-order valence-corrected chi connectivity index (χ1v) is 6.08. The van der Waals surface area contributed by atoms with Crippen molar-refractivity contribution in [2.24, 2.45) is 0 Å². The number of nitrogens with zero attached hydrogens (tertiary/aromatic N) is 2. The molecule has 0 radical (unpaired) electrons. The summed E-state index contributed by atoms with van der Waals surface area (Å²) in [5.41, 5.74) is 0.240. The Hall–Kier alpha value is -0.610. The van der Waals surface area contributed by atoms with Gasteiger partial charge in [-0.1, -0.05) is 0 Å². The fraction of sp³-hybridized carbons (Fsp3) is 0.917. The molecule has 1 N–H and O–H groups in total. The van der Waals surface area contributed by atoms with E-state index in [1.807, 2.05) is 19.0 Å². The molecule has 1 aliphatic carbocycles. The first kappa shape index (κ1) is 13.5. The molecule has 4 heteroatoms. The maximum atomic E-state index is 11.8. The normalized spacial score (nSPS) is 18.3. The molecule has 0 aromatic carbocycles. The summed E-state index contributed by atoms with van der Waals surface area (Å²) in [5.74, 6) is 0.238. The largest absolute Gasteiger partial charge is 0.344 e. The number of likely N-dealkylation sites (N-methyl/N-ethyl adjacent to an activating group) is 2. The van der Waals surface area contributed by atoms with Crippen molar-refractivity contribution in [3.05, 3.63) is 0 Å². The molecule has 0 spiro atoms. The Kier molecular flexibility index (Phi) is 4.74. The molecule has 0 saturated heterocycles. The summed E-state index contributed by atoms with van der Waals surface area (Å²) in [6, 6.07) is 0. The van der Waals surface area contributed by atoms with Crippen molar-refractivity contribution in [2.45, 2.75) is 31.2 Å². The van der Waals surface area contributed by atoms with Gasteiger partial charge in [-0.25, -0.2) is 0 Å². The molecule has 94 valence electrons. The number of carbonyl (C=O) groups is 1. The molecule has 1 fully saturated rings. The van der Waals surface area contributed by atoms with E-state index in [9.17, 15) is 4.79 Å². The van der Waals surface area contributed by atoms with Crippen LogP contribution in [0.25, 0.3) is 0 Å². The molecule has 1 saturated carbocycles. The molecule has 1 amide bonds. The Morgan fingerprint density at radius 1 is 1.31 bits per heavy atom. The van der Waals surface area contributed by atoms with Crippen LogP contribution < -0.4 is 5.32 Å². The van der Waals surface area contributed by atoms with Gasteiger partial charge < -0.3 is 15.1 Å². The van der Waals surface area contributed by atoms with Gasteiger partial charge in [0.15, 0.2) is 0 Å². The number of hydrogen-bond donors (Lipinski definition) is 1. The minimum absolute atomic E-state index is 0.238. The number of carbonyl (C=O) groups excluding carboxylic acids is 1. The quantitative estimate of drug-likeness (QED) is 0.719. The molecule has 1 aliphatic rings. The minimum atomic E-state index is 0.238. The third-order valence-electron chi connectivity index (χ3n) is 3.78. The zero-order valence-electron chi connectivity index (χ0n) is 11.0. The van der Waals surface area contributed by atoms with Crippen LogP contribution in [0.3, 0.4) is 0 Å². The molecular weight excluding hydrogens is 202 g/mol. The van der Waals surface area contributed by atoms with Gasteiger partial charge in [0.1, 0.15) is 0 Å². The summed E-state index contributed by atoms with van der Waals surface area (Å²) >= 11 is 0. The summed E-state index contributed by atoms with van der Waals surface area (Å²) in [6.45, 7) is 1.63. The molecule has 0 heterocycles. The van der Waals surface area contributed by atoms with Crippen LogP contribution in [-0.4, -0.2) is 62.5 Å². The van der Waals surface area contributed by atoms with E-state index in [0.717, 1.165) is 13.1 Å². The molecule has 0 bridgehead atoms. The Labute approximate surface area is 99.0 Å². The predicted molar refractivity (Wildman–Crippen MR) is 66.4 cm³/mol. The van der Waals surface area contributed by atoms with Gasteiger partial charge >= 0.3 is 0 Å². The second kappa shape index (κ2) is 5.64. The van der Waals surface area contributed by atoms with Crippen LogP contribution in [0.2, 0.25) is 0 Å². The van der Waals surface area contributed by atoms with E-state index in [4.69, 9.17) is 0 Å². The lowest BCUT2D eigenvalue weighted by atomic mass is 9.75. The summed E-state index contributed by atoms with van der Waals surface area (Å²) in [5, 5.41) is 3.01. The second-order valence-electron chi connectivity index (χ2n) is 5.08. The molecule has 0 aliphatic heterocycles. The van der Waals surface area contributed by atoms with Gasteiger partial charge in [0.2, 0.25) is 5.91 Å². The van der Waals surface area contributed by atoms with E-state index < -0.39 is 0 Å². The summed E-state index contributed by atoms with van der Waals surface area (Å²) in [6.07, 6.45) is 4.31. The van der Waals surface area contributed by atoms with Crippen molar-refractivity contribution in [1.29, 1.82) is 0 Å². The number of rotatable bonds is 6. The lowest BCUT2D eigenvalue weighted by molar-refractivity contribution is -0.132. The average Bonchev–Trinajstić information content (AvgIpc) is 2.18. The lowest BCUT2D eigenvalue weighted by Gasteiger charge is -2.49. The van der Waals surface area contributed by atoms with Crippen molar-refractivity contribution in [3.63, 3.8) is 0 Å². The Bertz CT molecular complexity index is 236. The minimum Gasteiger partial charge on any atom is -0.344 e. The highest BCUT2D eigenvalue weighted by Gasteiger charge is 2.40. The SMILES string of the molecule is CNCCC(=O)N(C)CC1(N(C)C)CCC1. The molecule has 0 atom stereocenters. The smallest absolute Gasteiger partial charge is 0.223 e. The van der Waals surface area contributed by atoms with E-state index in [0.29, 0.717) is 6.42 Å².